The Hall–Kier alpha value is -1.54. The number of nitrogens with one attached hydrogen (secondary N) is 1. The topological polar surface area (TPSA) is 28.1 Å². The van der Waals surface area contributed by atoms with Crippen LogP contribution in [0.15, 0.2) is 35.0 Å². The van der Waals surface area contributed by atoms with Gasteiger partial charge in [-0.05, 0) is 31.0 Å². The zero-order chi connectivity index (χ0) is 13.6. The summed E-state index contributed by atoms with van der Waals surface area (Å²) in [5, 5.41) is 1.95. The lowest BCUT2D eigenvalue weighted by Crippen LogP contribution is -1.97. The van der Waals surface area contributed by atoms with E-state index in [1.54, 1.807) is 0 Å². The highest BCUT2D eigenvalue weighted by Crippen LogP contribution is 2.29. The Balaban J connectivity index is 2.11. The van der Waals surface area contributed by atoms with Crippen LogP contribution in [0.2, 0.25) is 5.02 Å². The van der Waals surface area contributed by atoms with Gasteiger partial charge in [0.05, 0.1) is 10.7 Å². The number of hydrogen-bond acceptors (Lipinski definition) is 1. The van der Waals surface area contributed by atoms with Crippen molar-refractivity contribution in [1.29, 1.82) is 0 Å². The molecule has 0 amide bonds. The number of aromatic nitrogens is 1. The summed E-state index contributed by atoms with van der Waals surface area (Å²) in [6.45, 7) is 6.38. The average molecular weight is 273 g/mol. The van der Waals surface area contributed by atoms with Crippen molar-refractivity contribution in [2.24, 2.45) is 4.99 Å². The molecule has 1 aromatic heterocycles. The summed E-state index contributed by atoms with van der Waals surface area (Å²) in [6.07, 6.45) is 3.00. The minimum absolute atomic E-state index is 0.488. The van der Waals surface area contributed by atoms with Crippen LogP contribution < -0.4 is 0 Å². The minimum Gasteiger partial charge on any atom is -0.358 e. The van der Waals surface area contributed by atoms with Gasteiger partial charge in [0.2, 0.25) is 0 Å². The van der Waals surface area contributed by atoms with Crippen LogP contribution in [0.1, 0.15) is 44.4 Å². The Bertz CT molecular complexity index is 705. The maximum atomic E-state index is 6.40. The molecule has 0 unspecified atom stereocenters. The minimum atomic E-state index is 0.488. The lowest BCUT2D eigenvalue weighted by atomic mass is 10.1. The molecule has 1 aromatic carbocycles. The van der Waals surface area contributed by atoms with Crippen molar-refractivity contribution in [3.05, 3.63) is 46.3 Å². The predicted molar refractivity (Wildman–Crippen MR) is 82.3 cm³/mol. The van der Waals surface area contributed by atoms with Gasteiger partial charge in [-0.2, -0.15) is 0 Å². The third kappa shape index (κ3) is 2.21. The van der Waals surface area contributed by atoms with E-state index in [0.29, 0.717) is 5.92 Å². The molecule has 0 aliphatic carbocycles. The van der Waals surface area contributed by atoms with Gasteiger partial charge in [0.1, 0.15) is 0 Å². The molecule has 3 rings (SSSR count). The highest BCUT2D eigenvalue weighted by Gasteiger charge is 2.14. The smallest absolute Gasteiger partial charge is 0.0533 e. The summed E-state index contributed by atoms with van der Waals surface area (Å²) in [5.41, 5.74) is 5.55. The molecule has 0 spiro atoms. The number of H-pyrrole nitrogens is 1. The van der Waals surface area contributed by atoms with Crippen molar-refractivity contribution in [1.82, 2.24) is 4.98 Å². The van der Waals surface area contributed by atoms with Crippen LogP contribution in [0.25, 0.3) is 10.9 Å². The second-order valence-corrected chi connectivity index (χ2v) is 5.81. The zero-order valence-electron chi connectivity index (χ0n) is 11.4. The van der Waals surface area contributed by atoms with Crippen molar-refractivity contribution in [2.45, 2.75) is 33.1 Å². The number of nitrogens with zero attached hydrogens (tertiary/aromatic N) is 1. The Kier molecular flexibility index (Phi) is 2.98. The Morgan fingerprint density at radius 3 is 2.68 bits per heavy atom. The molecule has 3 heteroatoms. The molecule has 1 aliphatic heterocycles. The quantitative estimate of drug-likeness (QED) is 0.793. The van der Waals surface area contributed by atoms with Gasteiger partial charge in [-0.3, -0.25) is 4.99 Å². The molecule has 2 aromatic rings. The first-order valence-corrected chi connectivity index (χ1v) is 6.99. The van der Waals surface area contributed by atoms with Crippen molar-refractivity contribution in [3.8, 4) is 0 Å². The molecule has 2 nitrogen and oxygen atoms in total. The van der Waals surface area contributed by atoms with E-state index in [2.05, 4.69) is 42.0 Å². The number of aliphatic imine (C=N–C) groups is 1. The van der Waals surface area contributed by atoms with Gasteiger partial charge in [-0.1, -0.05) is 31.5 Å². The summed E-state index contributed by atoms with van der Waals surface area (Å²) in [5.74, 6) is 0.488. The molecule has 98 valence electrons. The molecule has 2 heterocycles. The SMILES string of the molecule is CC1=CCC(c2cc3[nH]c(C(C)C)cc3cc2Cl)=N1. The Labute approximate surface area is 118 Å². The molecule has 19 heavy (non-hydrogen) atoms. The number of halogens is 1. The molecular formula is C16H17ClN2. The molecule has 0 saturated heterocycles. The second kappa shape index (κ2) is 4.53. The molecule has 1 N–H and O–H groups in total. The van der Waals surface area contributed by atoms with Gasteiger partial charge in [-0.15, -0.1) is 0 Å². The normalized spacial score (nSPS) is 15.2. The van der Waals surface area contributed by atoms with Crippen molar-refractivity contribution < 1.29 is 0 Å². The van der Waals surface area contributed by atoms with Crippen LogP contribution in [0.4, 0.5) is 0 Å². The monoisotopic (exact) mass is 272 g/mol. The fourth-order valence-corrected chi connectivity index (χ4v) is 2.71. The van der Waals surface area contributed by atoms with E-state index in [1.807, 2.05) is 13.0 Å². The van der Waals surface area contributed by atoms with Crippen molar-refractivity contribution in [2.75, 3.05) is 0 Å². The lowest BCUT2D eigenvalue weighted by Gasteiger charge is -2.04. The molecule has 0 atom stereocenters. The van der Waals surface area contributed by atoms with Crippen LogP contribution in [-0.4, -0.2) is 10.7 Å². The van der Waals surface area contributed by atoms with Gasteiger partial charge < -0.3 is 4.98 Å². The highest BCUT2D eigenvalue weighted by molar-refractivity contribution is 6.35. The van der Waals surface area contributed by atoms with Crippen LogP contribution in [-0.2, 0) is 0 Å². The van der Waals surface area contributed by atoms with Crippen LogP contribution in [0, 0.1) is 0 Å². The predicted octanol–water partition coefficient (Wildman–Crippen LogP) is 5.04. The largest absolute Gasteiger partial charge is 0.358 e. The summed E-state index contributed by atoms with van der Waals surface area (Å²) < 4.78 is 0. The summed E-state index contributed by atoms with van der Waals surface area (Å²) in [7, 11) is 0. The van der Waals surface area contributed by atoms with E-state index in [4.69, 9.17) is 11.6 Å². The van der Waals surface area contributed by atoms with Crippen molar-refractivity contribution in [3.63, 3.8) is 0 Å². The van der Waals surface area contributed by atoms with E-state index >= 15 is 0 Å². The van der Waals surface area contributed by atoms with Crippen LogP contribution in [0.3, 0.4) is 0 Å². The molecule has 1 aliphatic rings. The number of benzene rings is 1. The lowest BCUT2D eigenvalue weighted by molar-refractivity contribution is 0.836. The van der Waals surface area contributed by atoms with Gasteiger partial charge in [0.25, 0.3) is 0 Å². The fourth-order valence-electron chi connectivity index (χ4n) is 2.43. The highest BCUT2D eigenvalue weighted by atomic mass is 35.5. The first-order valence-electron chi connectivity index (χ1n) is 6.61. The first kappa shape index (κ1) is 12.5. The number of rotatable bonds is 2. The zero-order valence-corrected chi connectivity index (χ0v) is 12.2. The maximum Gasteiger partial charge on any atom is 0.0533 e. The van der Waals surface area contributed by atoms with Gasteiger partial charge >= 0.3 is 0 Å². The van der Waals surface area contributed by atoms with Crippen LogP contribution in [0.5, 0.6) is 0 Å². The number of aromatic amines is 1. The number of fused-ring (bicyclic) bond motifs is 1. The van der Waals surface area contributed by atoms with E-state index in [1.165, 1.54) is 11.1 Å². The standard InChI is InChI=1S/C16H17ClN2/c1-9(2)15-7-11-6-13(17)12(8-16(11)19-15)14-5-4-10(3)18-14/h4,6-9,19H,5H2,1-3H3. The van der Waals surface area contributed by atoms with Gasteiger partial charge in [0, 0.05) is 34.3 Å². The van der Waals surface area contributed by atoms with E-state index in [0.717, 1.165) is 33.9 Å². The number of hydrogen-bond donors (Lipinski definition) is 1. The Morgan fingerprint density at radius 1 is 1.26 bits per heavy atom. The summed E-state index contributed by atoms with van der Waals surface area (Å²) in [4.78, 5) is 8.01. The first-order chi connectivity index (χ1) is 9.04. The van der Waals surface area contributed by atoms with Crippen molar-refractivity contribution >= 4 is 28.2 Å². The van der Waals surface area contributed by atoms with Gasteiger partial charge in [0.15, 0.2) is 0 Å². The third-order valence-corrected chi connectivity index (χ3v) is 3.88. The third-order valence-electron chi connectivity index (χ3n) is 3.56. The maximum absolute atomic E-state index is 6.40. The van der Waals surface area contributed by atoms with E-state index in [-0.39, 0.29) is 0 Å². The fraction of sp³-hybridized carbons (Fsp3) is 0.312. The van der Waals surface area contributed by atoms with Crippen LogP contribution >= 0.6 is 11.6 Å². The molecule has 0 fully saturated rings. The second-order valence-electron chi connectivity index (χ2n) is 5.41. The average Bonchev–Trinajstić information content (AvgIpc) is 2.93. The summed E-state index contributed by atoms with van der Waals surface area (Å²) >= 11 is 6.40. The molecule has 0 bridgehead atoms. The van der Waals surface area contributed by atoms with E-state index in [9.17, 15) is 0 Å². The van der Waals surface area contributed by atoms with E-state index < -0.39 is 0 Å². The molecule has 0 saturated carbocycles. The Morgan fingerprint density at radius 2 is 2.05 bits per heavy atom. The summed E-state index contributed by atoms with van der Waals surface area (Å²) in [6, 6.07) is 6.33. The molecule has 0 radical (unpaired) electrons. The number of allylic oxidation sites excluding steroid dienone is 2. The molecular weight excluding hydrogens is 256 g/mol. The van der Waals surface area contributed by atoms with Gasteiger partial charge in [-0.25, -0.2) is 0 Å².